The first-order chi connectivity index (χ1) is 6.18. The second-order valence-electron chi connectivity index (χ2n) is 5.31. The Balaban J connectivity index is 4.40. The van der Waals surface area contributed by atoms with Crippen LogP contribution in [0, 0.1) is 5.92 Å². The number of ketones is 1. The molecular weight excluding hydrogens is 174 g/mol. The van der Waals surface area contributed by atoms with E-state index in [9.17, 15) is 4.79 Å². The summed E-state index contributed by atoms with van der Waals surface area (Å²) < 4.78 is 0. The van der Waals surface area contributed by atoms with Crippen LogP contribution in [0.15, 0.2) is 0 Å². The normalized spacial score (nSPS) is 13.0. The van der Waals surface area contributed by atoms with Crippen molar-refractivity contribution < 1.29 is 4.79 Å². The maximum absolute atomic E-state index is 11.7. The third-order valence-electron chi connectivity index (χ3n) is 2.98. The van der Waals surface area contributed by atoms with Gasteiger partial charge >= 0.3 is 0 Å². The molecule has 0 fully saturated rings. The Morgan fingerprint density at radius 1 is 1.21 bits per heavy atom. The smallest absolute Gasteiger partial charge is 0.137 e. The van der Waals surface area contributed by atoms with Gasteiger partial charge in [-0.2, -0.15) is 0 Å². The monoisotopic (exact) mass is 199 g/mol. The summed E-state index contributed by atoms with van der Waals surface area (Å²) in [4.78, 5) is 13.9. The van der Waals surface area contributed by atoms with E-state index in [1.54, 1.807) is 0 Å². The van der Waals surface area contributed by atoms with Crippen LogP contribution in [0.5, 0.6) is 0 Å². The Labute approximate surface area is 88.7 Å². The summed E-state index contributed by atoms with van der Waals surface area (Å²) in [5, 5.41) is 0. The molecule has 2 heteroatoms. The van der Waals surface area contributed by atoms with E-state index < -0.39 is 0 Å². The lowest BCUT2D eigenvalue weighted by Crippen LogP contribution is -2.46. The van der Waals surface area contributed by atoms with Gasteiger partial charge in [0.05, 0.1) is 0 Å². The highest BCUT2D eigenvalue weighted by atomic mass is 16.1. The van der Waals surface area contributed by atoms with E-state index in [2.05, 4.69) is 39.6 Å². The zero-order chi connectivity index (χ0) is 11.5. The molecule has 0 heterocycles. The molecule has 0 N–H and O–H groups in total. The number of Topliss-reactive ketones (excluding diaryl/α,β-unsaturated/α-hetero) is 1. The van der Waals surface area contributed by atoms with Crippen molar-refractivity contribution in [2.24, 2.45) is 5.92 Å². The number of hydrogen-bond donors (Lipinski definition) is 0. The molecular formula is C12H25NO. The number of rotatable bonds is 5. The van der Waals surface area contributed by atoms with Crippen molar-refractivity contribution in [3.05, 3.63) is 0 Å². The first-order valence-corrected chi connectivity index (χ1v) is 5.44. The molecule has 0 bridgehead atoms. The van der Waals surface area contributed by atoms with Crippen LogP contribution < -0.4 is 0 Å². The van der Waals surface area contributed by atoms with Crippen molar-refractivity contribution in [3.8, 4) is 0 Å². The van der Waals surface area contributed by atoms with Crippen molar-refractivity contribution in [2.75, 3.05) is 7.05 Å². The van der Waals surface area contributed by atoms with Crippen LogP contribution in [-0.2, 0) is 4.79 Å². The fraction of sp³-hybridized carbons (Fsp3) is 0.917. The highest BCUT2D eigenvalue weighted by Crippen LogP contribution is 2.21. The van der Waals surface area contributed by atoms with E-state index in [-0.39, 0.29) is 11.5 Å². The predicted molar refractivity (Wildman–Crippen MR) is 61.4 cm³/mol. The molecule has 0 unspecified atom stereocenters. The highest BCUT2D eigenvalue weighted by Gasteiger charge is 2.28. The van der Waals surface area contributed by atoms with Gasteiger partial charge in [-0.15, -0.1) is 0 Å². The van der Waals surface area contributed by atoms with Gasteiger partial charge in [0.1, 0.15) is 5.78 Å². The van der Waals surface area contributed by atoms with E-state index in [4.69, 9.17) is 0 Å². The molecule has 0 aromatic rings. The molecule has 0 rings (SSSR count). The molecule has 14 heavy (non-hydrogen) atoms. The van der Waals surface area contributed by atoms with Gasteiger partial charge in [0.2, 0.25) is 0 Å². The van der Waals surface area contributed by atoms with Crippen molar-refractivity contribution in [1.82, 2.24) is 4.90 Å². The summed E-state index contributed by atoms with van der Waals surface area (Å²) in [7, 11) is 2.08. The van der Waals surface area contributed by atoms with Crippen molar-refractivity contribution in [3.63, 3.8) is 0 Å². The maximum atomic E-state index is 11.7. The molecule has 0 aliphatic rings. The molecule has 0 amide bonds. The van der Waals surface area contributed by atoms with Crippen LogP contribution >= 0.6 is 0 Å². The quantitative estimate of drug-likeness (QED) is 0.678. The minimum Gasteiger partial charge on any atom is -0.299 e. The molecule has 0 saturated carbocycles. The molecule has 0 spiro atoms. The number of carbonyl (C=O) groups excluding carboxylic acids is 1. The molecule has 2 nitrogen and oxygen atoms in total. The lowest BCUT2D eigenvalue weighted by atomic mass is 9.90. The molecule has 0 aromatic heterocycles. The standard InChI is InChI=1S/C12H25NO/c1-9(2)11(14)8-12(5,6)13(7)10(3)4/h9-10H,8H2,1-7H3. The fourth-order valence-electron chi connectivity index (χ4n) is 1.45. The summed E-state index contributed by atoms with van der Waals surface area (Å²) in [5.41, 5.74) is -0.0322. The van der Waals surface area contributed by atoms with Crippen LogP contribution in [0.1, 0.15) is 48.0 Å². The molecule has 0 aliphatic carbocycles. The predicted octanol–water partition coefficient (Wildman–Crippen LogP) is 2.72. The first kappa shape index (κ1) is 13.6. The lowest BCUT2D eigenvalue weighted by molar-refractivity contribution is -0.124. The summed E-state index contributed by atoms with van der Waals surface area (Å²) in [6.45, 7) is 12.5. The van der Waals surface area contributed by atoms with Gasteiger partial charge in [-0.25, -0.2) is 0 Å². The maximum Gasteiger partial charge on any atom is 0.137 e. The summed E-state index contributed by atoms with van der Waals surface area (Å²) in [5.74, 6) is 0.498. The first-order valence-electron chi connectivity index (χ1n) is 5.44. The van der Waals surface area contributed by atoms with Gasteiger partial charge < -0.3 is 0 Å². The number of nitrogens with zero attached hydrogens (tertiary/aromatic N) is 1. The van der Waals surface area contributed by atoms with Gasteiger partial charge in [-0.3, -0.25) is 9.69 Å². The van der Waals surface area contributed by atoms with Gasteiger partial charge in [-0.1, -0.05) is 13.8 Å². The van der Waals surface area contributed by atoms with E-state index >= 15 is 0 Å². The Morgan fingerprint density at radius 3 is 1.93 bits per heavy atom. The minimum absolute atomic E-state index is 0.0322. The lowest BCUT2D eigenvalue weighted by Gasteiger charge is -2.38. The zero-order valence-corrected chi connectivity index (χ0v) is 10.7. The Kier molecular flexibility index (Phi) is 4.79. The van der Waals surface area contributed by atoms with Crippen molar-refractivity contribution in [1.29, 1.82) is 0 Å². The molecule has 0 aliphatic heterocycles. The van der Waals surface area contributed by atoms with E-state index in [0.717, 1.165) is 0 Å². The topological polar surface area (TPSA) is 20.3 Å². The minimum atomic E-state index is -0.0322. The fourth-order valence-corrected chi connectivity index (χ4v) is 1.45. The average molecular weight is 199 g/mol. The van der Waals surface area contributed by atoms with Crippen molar-refractivity contribution >= 4 is 5.78 Å². The van der Waals surface area contributed by atoms with E-state index in [0.29, 0.717) is 18.2 Å². The third-order valence-corrected chi connectivity index (χ3v) is 2.98. The Hall–Kier alpha value is -0.370. The van der Waals surface area contributed by atoms with Crippen LogP contribution in [0.4, 0.5) is 0 Å². The third kappa shape index (κ3) is 3.79. The van der Waals surface area contributed by atoms with Gasteiger partial charge in [0.25, 0.3) is 0 Å². The van der Waals surface area contributed by atoms with Gasteiger partial charge in [0.15, 0.2) is 0 Å². The molecule has 0 atom stereocenters. The van der Waals surface area contributed by atoms with E-state index in [1.807, 2.05) is 13.8 Å². The number of hydrogen-bond acceptors (Lipinski definition) is 2. The van der Waals surface area contributed by atoms with Crippen molar-refractivity contribution in [2.45, 2.75) is 59.5 Å². The average Bonchev–Trinajstić information content (AvgIpc) is 2.01. The Bertz CT molecular complexity index is 194. The van der Waals surface area contributed by atoms with Gasteiger partial charge in [0, 0.05) is 23.9 Å². The number of carbonyl (C=O) groups is 1. The zero-order valence-electron chi connectivity index (χ0n) is 10.7. The molecule has 84 valence electrons. The van der Waals surface area contributed by atoms with Crippen LogP contribution in [0.2, 0.25) is 0 Å². The van der Waals surface area contributed by atoms with Crippen LogP contribution in [-0.4, -0.2) is 29.3 Å². The summed E-state index contributed by atoms with van der Waals surface area (Å²) >= 11 is 0. The second-order valence-corrected chi connectivity index (χ2v) is 5.31. The summed E-state index contributed by atoms with van der Waals surface area (Å²) in [6, 6.07) is 0.477. The van der Waals surface area contributed by atoms with Gasteiger partial charge in [-0.05, 0) is 34.7 Å². The largest absolute Gasteiger partial charge is 0.299 e. The molecule has 0 radical (unpaired) electrons. The SMILES string of the molecule is CC(C)C(=O)CC(C)(C)N(C)C(C)C. The molecule has 0 saturated heterocycles. The van der Waals surface area contributed by atoms with E-state index in [1.165, 1.54) is 0 Å². The van der Waals surface area contributed by atoms with Crippen LogP contribution in [0.3, 0.4) is 0 Å². The summed E-state index contributed by atoms with van der Waals surface area (Å²) in [6.07, 6.45) is 0.638. The van der Waals surface area contributed by atoms with Crippen LogP contribution in [0.25, 0.3) is 0 Å². The second kappa shape index (κ2) is 4.92. The molecule has 0 aromatic carbocycles. The Morgan fingerprint density at radius 2 is 1.64 bits per heavy atom. The highest BCUT2D eigenvalue weighted by molar-refractivity contribution is 5.81.